The second kappa shape index (κ2) is 4.79. The van der Waals surface area contributed by atoms with Crippen LogP contribution in [0.5, 0.6) is 0 Å². The summed E-state index contributed by atoms with van der Waals surface area (Å²) in [5.74, 6) is 0. The average Bonchev–Trinajstić information content (AvgIpc) is 2.69. The van der Waals surface area contributed by atoms with Gasteiger partial charge in [0.25, 0.3) is 0 Å². The van der Waals surface area contributed by atoms with Gasteiger partial charge >= 0.3 is 0 Å². The summed E-state index contributed by atoms with van der Waals surface area (Å²) < 4.78 is 0. The minimum atomic E-state index is -0.0351. The predicted molar refractivity (Wildman–Crippen MR) is 71.1 cm³/mol. The van der Waals surface area contributed by atoms with E-state index >= 15 is 0 Å². The van der Waals surface area contributed by atoms with Gasteiger partial charge < -0.3 is 10.4 Å². The predicted octanol–water partition coefficient (Wildman–Crippen LogP) is 2.59. The first-order valence-electron chi connectivity index (χ1n) is 6.45. The van der Waals surface area contributed by atoms with Crippen LogP contribution in [-0.4, -0.2) is 18.3 Å². The van der Waals surface area contributed by atoms with Crippen LogP contribution >= 0.6 is 0 Å². The second-order valence-electron chi connectivity index (χ2n) is 6.00. The Morgan fingerprint density at radius 1 is 1.41 bits per heavy atom. The van der Waals surface area contributed by atoms with E-state index < -0.39 is 0 Å². The van der Waals surface area contributed by atoms with Crippen LogP contribution in [0.15, 0.2) is 18.2 Å². The Hall–Kier alpha value is -0.860. The largest absolute Gasteiger partial charge is 0.396 e. The minimum absolute atomic E-state index is 0.0351. The topological polar surface area (TPSA) is 32.3 Å². The second-order valence-corrected chi connectivity index (χ2v) is 6.00. The lowest BCUT2D eigenvalue weighted by Crippen LogP contribution is -2.34. The van der Waals surface area contributed by atoms with Gasteiger partial charge in [-0.25, -0.2) is 0 Å². The fourth-order valence-corrected chi connectivity index (χ4v) is 2.39. The normalized spacial score (nSPS) is 19.4. The van der Waals surface area contributed by atoms with E-state index in [9.17, 15) is 5.11 Å². The van der Waals surface area contributed by atoms with Crippen LogP contribution in [0.4, 0.5) is 0 Å². The lowest BCUT2D eigenvalue weighted by atomic mass is 9.94. The summed E-state index contributed by atoms with van der Waals surface area (Å²) >= 11 is 0. The van der Waals surface area contributed by atoms with E-state index in [-0.39, 0.29) is 12.0 Å². The summed E-state index contributed by atoms with van der Waals surface area (Å²) in [4.78, 5) is 0. The Kier molecular flexibility index (Phi) is 3.55. The van der Waals surface area contributed by atoms with Crippen LogP contribution in [0.1, 0.15) is 43.0 Å². The summed E-state index contributed by atoms with van der Waals surface area (Å²) in [5, 5.41) is 12.9. The van der Waals surface area contributed by atoms with Gasteiger partial charge in [0, 0.05) is 24.6 Å². The number of aryl methyl sites for hydroxylation is 2. The van der Waals surface area contributed by atoms with Crippen molar-refractivity contribution >= 4 is 0 Å². The first-order chi connectivity index (χ1) is 8.02. The molecular formula is C15H23NO. The molecule has 17 heavy (non-hydrogen) atoms. The van der Waals surface area contributed by atoms with E-state index in [2.05, 4.69) is 44.3 Å². The van der Waals surface area contributed by atoms with Gasteiger partial charge in [-0.05, 0) is 30.9 Å². The highest BCUT2D eigenvalue weighted by Crippen LogP contribution is 2.32. The zero-order chi connectivity index (χ0) is 12.5. The monoisotopic (exact) mass is 233 g/mol. The maximum Gasteiger partial charge on any atom is 0.0494 e. The molecule has 0 saturated heterocycles. The Morgan fingerprint density at radius 3 is 2.88 bits per heavy atom. The lowest BCUT2D eigenvalue weighted by Gasteiger charge is -2.25. The number of nitrogens with one attached hydrogen (secondary N) is 1. The quantitative estimate of drug-likeness (QED) is 0.838. The van der Waals surface area contributed by atoms with Gasteiger partial charge in [-0.2, -0.15) is 0 Å². The number of fused-ring (bicyclic) bond motifs is 1. The van der Waals surface area contributed by atoms with Gasteiger partial charge in [0.05, 0.1) is 0 Å². The standard InChI is InChI=1S/C15H23NO/c1-11-4-5-12-6-7-14(13(12)8-11)16-9-15(2,3)10-17/h4-5,8,14,16-17H,6-7,9-10H2,1-3H3. The Labute approximate surface area is 104 Å². The highest BCUT2D eigenvalue weighted by atomic mass is 16.3. The number of aliphatic hydroxyl groups excluding tert-OH is 1. The molecule has 2 N–H and O–H groups in total. The molecule has 1 aromatic rings. The van der Waals surface area contributed by atoms with Crippen molar-refractivity contribution in [2.75, 3.05) is 13.2 Å². The van der Waals surface area contributed by atoms with E-state index in [1.807, 2.05) is 0 Å². The van der Waals surface area contributed by atoms with Gasteiger partial charge in [-0.3, -0.25) is 0 Å². The summed E-state index contributed by atoms with van der Waals surface area (Å²) in [7, 11) is 0. The molecule has 0 fully saturated rings. The van der Waals surface area contributed by atoms with E-state index in [4.69, 9.17) is 0 Å². The van der Waals surface area contributed by atoms with Crippen molar-refractivity contribution in [3.05, 3.63) is 34.9 Å². The molecule has 1 unspecified atom stereocenters. The lowest BCUT2D eigenvalue weighted by molar-refractivity contribution is 0.153. The Morgan fingerprint density at radius 2 is 2.18 bits per heavy atom. The first-order valence-corrected chi connectivity index (χ1v) is 6.45. The van der Waals surface area contributed by atoms with Crippen LogP contribution in [0.3, 0.4) is 0 Å². The third kappa shape index (κ3) is 2.88. The average molecular weight is 233 g/mol. The van der Waals surface area contributed by atoms with Crippen molar-refractivity contribution in [1.82, 2.24) is 5.32 Å². The van der Waals surface area contributed by atoms with Crippen LogP contribution in [0.2, 0.25) is 0 Å². The number of hydrogen-bond acceptors (Lipinski definition) is 2. The highest BCUT2D eigenvalue weighted by molar-refractivity contribution is 5.37. The molecule has 0 heterocycles. The van der Waals surface area contributed by atoms with Crippen LogP contribution in [-0.2, 0) is 6.42 Å². The molecule has 0 aliphatic heterocycles. The van der Waals surface area contributed by atoms with Crippen LogP contribution < -0.4 is 5.32 Å². The Bertz CT molecular complexity index is 398. The van der Waals surface area contributed by atoms with E-state index in [1.165, 1.54) is 29.5 Å². The number of benzene rings is 1. The molecule has 94 valence electrons. The van der Waals surface area contributed by atoms with Crippen molar-refractivity contribution in [3.8, 4) is 0 Å². The van der Waals surface area contributed by atoms with Crippen molar-refractivity contribution < 1.29 is 5.11 Å². The number of hydrogen-bond donors (Lipinski definition) is 2. The van der Waals surface area contributed by atoms with Gasteiger partial charge in [-0.1, -0.05) is 37.6 Å². The zero-order valence-corrected chi connectivity index (χ0v) is 11.1. The van der Waals surface area contributed by atoms with Gasteiger partial charge in [0.15, 0.2) is 0 Å². The highest BCUT2D eigenvalue weighted by Gasteiger charge is 2.24. The molecule has 0 radical (unpaired) electrons. The number of aliphatic hydroxyl groups is 1. The molecule has 0 saturated carbocycles. The van der Waals surface area contributed by atoms with Gasteiger partial charge in [-0.15, -0.1) is 0 Å². The smallest absolute Gasteiger partial charge is 0.0494 e. The third-order valence-corrected chi connectivity index (χ3v) is 3.63. The SMILES string of the molecule is Cc1ccc2c(c1)C(NCC(C)(C)CO)CC2. The Balaban J connectivity index is 2.04. The molecule has 0 spiro atoms. The zero-order valence-electron chi connectivity index (χ0n) is 11.1. The van der Waals surface area contributed by atoms with E-state index in [0.29, 0.717) is 6.04 Å². The van der Waals surface area contributed by atoms with Crippen molar-refractivity contribution in [2.24, 2.45) is 5.41 Å². The van der Waals surface area contributed by atoms with Crippen molar-refractivity contribution in [1.29, 1.82) is 0 Å². The van der Waals surface area contributed by atoms with Gasteiger partial charge in [0.1, 0.15) is 0 Å². The first kappa shape index (κ1) is 12.6. The van der Waals surface area contributed by atoms with E-state index in [1.54, 1.807) is 0 Å². The molecule has 0 aromatic heterocycles. The van der Waals surface area contributed by atoms with Crippen LogP contribution in [0.25, 0.3) is 0 Å². The molecule has 2 nitrogen and oxygen atoms in total. The summed E-state index contributed by atoms with van der Waals surface area (Å²) in [5.41, 5.74) is 4.24. The van der Waals surface area contributed by atoms with Crippen molar-refractivity contribution in [3.63, 3.8) is 0 Å². The van der Waals surface area contributed by atoms with Crippen molar-refractivity contribution in [2.45, 2.75) is 39.7 Å². The fraction of sp³-hybridized carbons (Fsp3) is 0.600. The fourth-order valence-electron chi connectivity index (χ4n) is 2.39. The minimum Gasteiger partial charge on any atom is -0.396 e. The number of rotatable bonds is 4. The molecule has 1 aliphatic rings. The van der Waals surface area contributed by atoms with E-state index in [0.717, 1.165) is 6.54 Å². The maximum atomic E-state index is 9.27. The molecule has 2 rings (SSSR count). The molecule has 1 atom stereocenters. The summed E-state index contributed by atoms with van der Waals surface area (Å²) in [6.07, 6.45) is 2.35. The summed E-state index contributed by atoms with van der Waals surface area (Å²) in [6.45, 7) is 7.42. The molecule has 2 heteroatoms. The molecule has 1 aliphatic carbocycles. The molecule has 0 amide bonds. The van der Waals surface area contributed by atoms with Gasteiger partial charge in [0.2, 0.25) is 0 Å². The molecular weight excluding hydrogens is 210 g/mol. The van der Waals surface area contributed by atoms with Crippen LogP contribution in [0, 0.1) is 12.3 Å². The molecule has 1 aromatic carbocycles. The molecule has 0 bridgehead atoms. The maximum absolute atomic E-state index is 9.27. The third-order valence-electron chi connectivity index (χ3n) is 3.63. The summed E-state index contributed by atoms with van der Waals surface area (Å²) in [6, 6.07) is 7.21.